The van der Waals surface area contributed by atoms with Gasteiger partial charge >= 0.3 is 0 Å². The van der Waals surface area contributed by atoms with Crippen LogP contribution in [0.2, 0.25) is 0 Å². The maximum absolute atomic E-state index is 12.4. The number of nitrogens with zero attached hydrogens (tertiary/aromatic N) is 3. The summed E-state index contributed by atoms with van der Waals surface area (Å²) >= 11 is 0. The van der Waals surface area contributed by atoms with Gasteiger partial charge in [0.05, 0.1) is 6.54 Å². The van der Waals surface area contributed by atoms with Gasteiger partial charge in [-0.15, -0.1) is 0 Å². The molecule has 19 heavy (non-hydrogen) atoms. The molecule has 2 aromatic heterocycles. The highest BCUT2D eigenvalue weighted by Crippen LogP contribution is 2.17. The zero-order chi connectivity index (χ0) is 14.2. The van der Waals surface area contributed by atoms with Crippen LogP contribution in [0, 0.1) is 13.8 Å². The van der Waals surface area contributed by atoms with Gasteiger partial charge in [-0.05, 0) is 19.9 Å². The molecule has 0 unspecified atom stereocenters. The van der Waals surface area contributed by atoms with E-state index in [1.54, 1.807) is 6.20 Å². The van der Waals surface area contributed by atoms with Crippen LogP contribution in [-0.2, 0) is 13.6 Å². The SMILES string of the molecule is Cc1cc(C(=O)Cn2ccnc2C(C)C)c(C)n1C. The second-order valence-electron chi connectivity index (χ2n) is 5.34. The van der Waals surface area contributed by atoms with Crippen molar-refractivity contribution in [1.82, 2.24) is 14.1 Å². The molecule has 0 saturated carbocycles. The fourth-order valence-electron chi connectivity index (χ4n) is 2.33. The van der Waals surface area contributed by atoms with Crippen LogP contribution in [-0.4, -0.2) is 19.9 Å². The van der Waals surface area contributed by atoms with Gasteiger partial charge in [0.2, 0.25) is 0 Å². The number of ketones is 1. The van der Waals surface area contributed by atoms with E-state index in [9.17, 15) is 4.79 Å². The summed E-state index contributed by atoms with van der Waals surface area (Å²) in [6, 6.07) is 1.96. The van der Waals surface area contributed by atoms with Crippen molar-refractivity contribution in [1.29, 1.82) is 0 Å². The van der Waals surface area contributed by atoms with Gasteiger partial charge in [0, 0.05) is 42.3 Å². The zero-order valence-corrected chi connectivity index (χ0v) is 12.3. The molecular weight excluding hydrogens is 238 g/mol. The molecule has 4 nitrogen and oxygen atoms in total. The van der Waals surface area contributed by atoms with Gasteiger partial charge in [0.25, 0.3) is 0 Å². The van der Waals surface area contributed by atoms with Crippen LogP contribution >= 0.6 is 0 Å². The number of rotatable bonds is 4. The Balaban J connectivity index is 2.26. The van der Waals surface area contributed by atoms with Crippen LogP contribution in [0.1, 0.15) is 47.3 Å². The van der Waals surface area contributed by atoms with E-state index in [4.69, 9.17) is 0 Å². The lowest BCUT2D eigenvalue weighted by Crippen LogP contribution is -2.14. The van der Waals surface area contributed by atoms with Crippen LogP contribution in [0.15, 0.2) is 18.5 Å². The van der Waals surface area contributed by atoms with Gasteiger partial charge in [-0.25, -0.2) is 4.98 Å². The molecule has 0 atom stereocenters. The van der Waals surface area contributed by atoms with Crippen LogP contribution in [0.25, 0.3) is 0 Å². The number of hydrogen-bond acceptors (Lipinski definition) is 2. The Bertz CT molecular complexity index is 605. The summed E-state index contributed by atoms with van der Waals surface area (Å²) in [6.45, 7) is 8.53. The number of aryl methyl sites for hydroxylation is 1. The van der Waals surface area contributed by atoms with Gasteiger partial charge in [-0.1, -0.05) is 13.8 Å². The Morgan fingerprint density at radius 2 is 2.05 bits per heavy atom. The number of carbonyl (C=O) groups is 1. The minimum atomic E-state index is 0.140. The molecule has 0 aliphatic heterocycles. The molecule has 0 spiro atoms. The maximum atomic E-state index is 12.4. The molecule has 0 bridgehead atoms. The number of Topliss-reactive ketones (excluding diaryl/α,β-unsaturated/α-hetero) is 1. The van der Waals surface area contributed by atoms with Crippen molar-refractivity contribution in [2.75, 3.05) is 0 Å². The van der Waals surface area contributed by atoms with Crippen molar-refractivity contribution in [3.05, 3.63) is 41.2 Å². The summed E-state index contributed by atoms with van der Waals surface area (Å²) in [5, 5.41) is 0. The van der Waals surface area contributed by atoms with Gasteiger partial charge in [-0.2, -0.15) is 0 Å². The van der Waals surface area contributed by atoms with Crippen molar-refractivity contribution in [3.8, 4) is 0 Å². The summed E-state index contributed by atoms with van der Waals surface area (Å²) in [7, 11) is 1.98. The fraction of sp³-hybridized carbons (Fsp3) is 0.467. The topological polar surface area (TPSA) is 39.8 Å². The minimum absolute atomic E-state index is 0.140. The molecule has 2 aromatic rings. The van der Waals surface area contributed by atoms with Gasteiger partial charge in [0.1, 0.15) is 5.82 Å². The molecule has 0 N–H and O–H groups in total. The standard InChI is InChI=1S/C15H21N3O/c1-10(2)15-16-6-7-18(15)9-14(19)13-8-11(3)17(5)12(13)4/h6-8,10H,9H2,1-5H3. The molecule has 0 radical (unpaired) electrons. The highest BCUT2D eigenvalue weighted by Gasteiger charge is 2.16. The molecular formula is C15H21N3O. The number of carbonyl (C=O) groups excluding carboxylic acids is 1. The van der Waals surface area contributed by atoms with E-state index in [0.717, 1.165) is 22.8 Å². The van der Waals surface area contributed by atoms with Crippen LogP contribution in [0.3, 0.4) is 0 Å². The van der Waals surface area contributed by atoms with Crippen molar-refractivity contribution in [3.63, 3.8) is 0 Å². The number of aromatic nitrogens is 3. The molecule has 0 saturated heterocycles. The van der Waals surface area contributed by atoms with Crippen molar-refractivity contribution < 1.29 is 4.79 Å². The third kappa shape index (κ3) is 2.48. The minimum Gasteiger partial charge on any atom is -0.351 e. The van der Waals surface area contributed by atoms with E-state index in [0.29, 0.717) is 12.5 Å². The zero-order valence-electron chi connectivity index (χ0n) is 12.3. The van der Waals surface area contributed by atoms with Crippen LogP contribution in [0.4, 0.5) is 0 Å². The summed E-state index contributed by atoms with van der Waals surface area (Å²) in [5.41, 5.74) is 2.94. The lowest BCUT2D eigenvalue weighted by atomic mass is 10.1. The predicted octanol–water partition coefficient (Wildman–Crippen LogP) is 2.84. The molecule has 4 heteroatoms. The number of imidazole rings is 1. The van der Waals surface area contributed by atoms with E-state index in [1.807, 2.05) is 42.3 Å². The quantitative estimate of drug-likeness (QED) is 0.792. The lowest BCUT2D eigenvalue weighted by Gasteiger charge is -2.09. The predicted molar refractivity (Wildman–Crippen MR) is 75.5 cm³/mol. The monoisotopic (exact) mass is 259 g/mol. The van der Waals surface area contributed by atoms with E-state index in [2.05, 4.69) is 18.8 Å². The average Bonchev–Trinajstić information content (AvgIpc) is 2.90. The first-order valence-electron chi connectivity index (χ1n) is 6.59. The highest BCUT2D eigenvalue weighted by molar-refractivity contribution is 5.97. The Labute approximate surface area is 114 Å². The van der Waals surface area contributed by atoms with E-state index in [-0.39, 0.29) is 5.78 Å². The Hall–Kier alpha value is -1.84. The Morgan fingerprint density at radius 1 is 1.37 bits per heavy atom. The highest BCUT2D eigenvalue weighted by atomic mass is 16.1. The molecule has 2 heterocycles. The number of hydrogen-bond donors (Lipinski definition) is 0. The largest absolute Gasteiger partial charge is 0.351 e. The van der Waals surface area contributed by atoms with Crippen molar-refractivity contribution in [2.45, 2.75) is 40.2 Å². The molecule has 2 rings (SSSR count). The molecule has 0 aliphatic carbocycles. The molecule has 0 aromatic carbocycles. The summed E-state index contributed by atoms with van der Waals surface area (Å²) in [5.74, 6) is 1.42. The first kappa shape index (κ1) is 13.6. The average molecular weight is 259 g/mol. The van der Waals surface area contributed by atoms with Crippen LogP contribution < -0.4 is 0 Å². The first-order valence-corrected chi connectivity index (χ1v) is 6.59. The maximum Gasteiger partial charge on any atom is 0.184 e. The third-order valence-electron chi connectivity index (χ3n) is 3.65. The summed E-state index contributed by atoms with van der Waals surface area (Å²) in [6.07, 6.45) is 3.63. The van der Waals surface area contributed by atoms with Crippen molar-refractivity contribution >= 4 is 5.78 Å². The fourth-order valence-corrected chi connectivity index (χ4v) is 2.33. The molecule has 0 aliphatic rings. The van der Waals surface area contributed by atoms with Gasteiger partial charge in [0.15, 0.2) is 5.78 Å². The lowest BCUT2D eigenvalue weighted by molar-refractivity contribution is 0.0970. The smallest absolute Gasteiger partial charge is 0.184 e. The molecule has 102 valence electrons. The van der Waals surface area contributed by atoms with E-state index < -0.39 is 0 Å². The normalized spacial score (nSPS) is 11.3. The second-order valence-corrected chi connectivity index (χ2v) is 5.34. The Kier molecular flexibility index (Phi) is 3.60. The Morgan fingerprint density at radius 3 is 2.58 bits per heavy atom. The van der Waals surface area contributed by atoms with E-state index >= 15 is 0 Å². The van der Waals surface area contributed by atoms with Crippen molar-refractivity contribution in [2.24, 2.45) is 7.05 Å². The third-order valence-corrected chi connectivity index (χ3v) is 3.65. The van der Waals surface area contributed by atoms with Gasteiger partial charge < -0.3 is 9.13 Å². The second kappa shape index (κ2) is 5.03. The molecule has 0 fully saturated rings. The first-order chi connectivity index (χ1) is 8.91. The van der Waals surface area contributed by atoms with Crippen LogP contribution in [0.5, 0.6) is 0 Å². The summed E-state index contributed by atoms with van der Waals surface area (Å²) < 4.78 is 3.99. The molecule has 0 amide bonds. The van der Waals surface area contributed by atoms with Gasteiger partial charge in [-0.3, -0.25) is 4.79 Å². The van der Waals surface area contributed by atoms with E-state index in [1.165, 1.54) is 0 Å². The summed E-state index contributed by atoms with van der Waals surface area (Å²) in [4.78, 5) is 16.7.